The van der Waals surface area contributed by atoms with Crippen LogP contribution in [0.15, 0.2) is 24.3 Å². The molecule has 0 atom stereocenters. The molecular weight excluding hydrogens is 272 g/mol. The van der Waals surface area contributed by atoms with Crippen molar-refractivity contribution in [3.63, 3.8) is 0 Å². The number of carboxylic acids is 1. The van der Waals surface area contributed by atoms with Gasteiger partial charge < -0.3 is 19.3 Å². The molecule has 118 valence electrons. The third-order valence-electron chi connectivity index (χ3n) is 3.20. The van der Waals surface area contributed by atoms with Crippen molar-refractivity contribution in [2.24, 2.45) is 0 Å². The summed E-state index contributed by atoms with van der Waals surface area (Å²) in [5.41, 5.74) is 0.106. The van der Waals surface area contributed by atoms with Crippen LogP contribution in [0.25, 0.3) is 0 Å². The van der Waals surface area contributed by atoms with Crippen LogP contribution >= 0.6 is 0 Å². The maximum absolute atomic E-state index is 10.7. The van der Waals surface area contributed by atoms with Gasteiger partial charge in [-0.3, -0.25) is 0 Å². The third kappa shape index (κ3) is 7.11. The summed E-state index contributed by atoms with van der Waals surface area (Å²) in [5, 5.41) is 8.78. The molecule has 0 aliphatic carbocycles. The van der Waals surface area contributed by atoms with E-state index in [1.54, 1.807) is 19.2 Å². The van der Waals surface area contributed by atoms with Crippen LogP contribution in [0.4, 0.5) is 0 Å². The highest BCUT2D eigenvalue weighted by Gasteiger charge is 2.15. The standard InChI is InChI=1S/C16H24O5/c1-16(2,19-3)9-12-20-10-4-11-21-14-7-5-13(6-8-14)15(17)18/h5-8H,4,9-12H2,1-3H3,(H,17,18). The zero-order chi connectivity index (χ0) is 15.7. The second kappa shape index (κ2) is 8.64. The van der Waals surface area contributed by atoms with Crippen molar-refractivity contribution in [1.29, 1.82) is 0 Å². The molecule has 0 saturated heterocycles. The Bertz CT molecular complexity index is 425. The minimum Gasteiger partial charge on any atom is -0.494 e. The first kappa shape index (κ1) is 17.5. The number of ether oxygens (including phenoxy) is 3. The van der Waals surface area contributed by atoms with Crippen LogP contribution in [0.3, 0.4) is 0 Å². The van der Waals surface area contributed by atoms with Gasteiger partial charge in [-0.25, -0.2) is 4.79 Å². The number of methoxy groups -OCH3 is 1. The van der Waals surface area contributed by atoms with Crippen molar-refractivity contribution in [3.05, 3.63) is 29.8 Å². The summed E-state index contributed by atoms with van der Waals surface area (Å²) in [7, 11) is 1.70. The lowest BCUT2D eigenvalue weighted by molar-refractivity contribution is -0.0107. The van der Waals surface area contributed by atoms with Gasteiger partial charge in [-0.05, 0) is 44.5 Å². The number of rotatable bonds is 10. The molecular formula is C16H24O5. The fraction of sp³-hybridized carbons (Fsp3) is 0.562. The number of aromatic carboxylic acids is 1. The highest BCUT2D eigenvalue weighted by Crippen LogP contribution is 2.13. The highest BCUT2D eigenvalue weighted by atomic mass is 16.5. The number of carboxylic acid groups (broad SMARTS) is 1. The second-order valence-electron chi connectivity index (χ2n) is 5.36. The van der Waals surface area contributed by atoms with Gasteiger partial charge in [0.1, 0.15) is 5.75 Å². The van der Waals surface area contributed by atoms with Crippen molar-refractivity contribution in [3.8, 4) is 5.75 Å². The molecule has 0 fully saturated rings. The van der Waals surface area contributed by atoms with Crippen LogP contribution in [0.1, 0.15) is 37.0 Å². The summed E-state index contributed by atoms with van der Waals surface area (Å²) in [6.07, 6.45) is 1.63. The Hall–Kier alpha value is -1.59. The normalized spacial score (nSPS) is 11.4. The van der Waals surface area contributed by atoms with Crippen molar-refractivity contribution in [2.45, 2.75) is 32.3 Å². The van der Waals surface area contributed by atoms with E-state index in [4.69, 9.17) is 19.3 Å². The molecule has 1 rings (SSSR count). The predicted molar refractivity (Wildman–Crippen MR) is 80.0 cm³/mol. The minimum absolute atomic E-state index is 0.150. The Morgan fingerprint density at radius 3 is 2.38 bits per heavy atom. The Balaban J connectivity index is 2.10. The van der Waals surface area contributed by atoms with E-state index in [0.29, 0.717) is 25.6 Å². The molecule has 0 unspecified atom stereocenters. The zero-order valence-corrected chi connectivity index (χ0v) is 12.9. The van der Waals surface area contributed by atoms with Crippen LogP contribution in [0.2, 0.25) is 0 Å². The van der Waals surface area contributed by atoms with E-state index in [1.165, 1.54) is 12.1 Å². The number of benzene rings is 1. The summed E-state index contributed by atoms with van der Waals surface area (Å²) in [6, 6.07) is 6.37. The Labute approximate surface area is 125 Å². The van der Waals surface area contributed by atoms with E-state index >= 15 is 0 Å². The molecule has 0 bridgehead atoms. The van der Waals surface area contributed by atoms with Gasteiger partial charge in [0.25, 0.3) is 0 Å². The molecule has 0 aromatic heterocycles. The fourth-order valence-corrected chi connectivity index (χ4v) is 1.57. The molecule has 1 aromatic rings. The van der Waals surface area contributed by atoms with E-state index in [2.05, 4.69) is 0 Å². The van der Waals surface area contributed by atoms with Gasteiger partial charge >= 0.3 is 5.97 Å². The van der Waals surface area contributed by atoms with E-state index < -0.39 is 5.97 Å². The van der Waals surface area contributed by atoms with E-state index in [0.717, 1.165) is 12.8 Å². The Kier molecular flexibility index (Phi) is 7.19. The Morgan fingerprint density at radius 1 is 1.14 bits per heavy atom. The molecule has 1 N–H and O–H groups in total. The van der Waals surface area contributed by atoms with Crippen molar-refractivity contribution in [1.82, 2.24) is 0 Å². The van der Waals surface area contributed by atoms with Crippen LogP contribution in [-0.4, -0.2) is 43.6 Å². The zero-order valence-electron chi connectivity index (χ0n) is 12.9. The predicted octanol–water partition coefficient (Wildman–Crippen LogP) is 2.99. The largest absolute Gasteiger partial charge is 0.494 e. The second-order valence-corrected chi connectivity index (χ2v) is 5.36. The summed E-state index contributed by atoms with van der Waals surface area (Å²) in [5.74, 6) is -0.269. The highest BCUT2D eigenvalue weighted by molar-refractivity contribution is 5.87. The lowest BCUT2D eigenvalue weighted by Crippen LogP contribution is -2.24. The van der Waals surface area contributed by atoms with Crippen LogP contribution in [-0.2, 0) is 9.47 Å². The molecule has 0 aliphatic rings. The van der Waals surface area contributed by atoms with Gasteiger partial charge in [-0.2, -0.15) is 0 Å². The summed E-state index contributed by atoms with van der Waals surface area (Å²) in [6.45, 7) is 5.89. The van der Waals surface area contributed by atoms with Crippen molar-refractivity contribution >= 4 is 5.97 Å². The van der Waals surface area contributed by atoms with Crippen molar-refractivity contribution < 1.29 is 24.1 Å². The number of hydrogen-bond donors (Lipinski definition) is 1. The smallest absolute Gasteiger partial charge is 0.335 e. The van der Waals surface area contributed by atoms with Gasteiger partial charge in [0.05, 0.1) is 17.8 Å². The van der Waals surface area contributed by atoms with Crippen LogP contribution < -0.4 is 4.74 Å². The first-order valence-corrected chi connectivity index (χ1v) is 7.04. The van der Waals surface area contributed by atoms with E-state index in [1.807, 2.05) is 13.8 Å². The molecule has 1 aromatic carbocycles. The SMILES string of the molecule is COC(C)(C)CCOCCCOc1ccc(C(=O)O)cc1. The van der Waals surface area contributed by atoms with E-state index in [9.17, 15) is 4.79 Å². The summed E-state index contributed by atoms with van der Waals surface area (Å²) < 4.78 is 16.3. The molecule has 0 saturated carbocycles. The summed E-state index contributed by atoms with van der Waals surface area (Å²) >= 11 is 0. The lowest BCUT2D eigenvalue weighted by atomic mass is 10.1. The topological polar surface area (TPSA) is 65.0 Å². The Morgan fingerprint density at radius 2 is 1.81 bits per heavy atom. The van der Waals surface area contributed by atoms with Gasteiger partial charge in [0.15, 0.2) is 0 Å². The first-order valence-electron chi connectivity index (χ1n) is 7.04. The average Bonchev–Trinajstić information content (AvgIpc) is 2.46. The lowest BCUT2D eigenvalue weighted by Gasteiger charge is -2.22. The van der Waals surface area contributed by atoms with Crippen molar-refractivity contribution in [2.75, 3.05) is 26.9 Å². The molecule has 5 nitrogen and oxygen atoms in total. The average molecular weight is 296 g/mol. The molecule has 0 radical (unpaired) electrons. The fourth-order valence-electron chi connectivity index (χ4n) is 1.57. The van der Waals surface area contributed by atoms with Gasteiger partial charge in [0, 0.05) is 26.7 Å². The molecule has 0 amide bonds. The van der Waals surface area contributed by atoms with Crippen LogP contribution in [0.5, 0.6) is 5.75 Å². The monoisotopic (exact) mass is 296 g/mol. The van der Waals surface area contributed by atoms with Gasteiger partial charge in [-0.1, -0.05) is 0 Å². The molecule has 0 spiro atoms. The first-order chi connectivity index (χ1) is 9.94. The van der Waals surface area contributed by atoms with E-state index in [-0.39, 0.29) is 11.2 Å². The number of carbonyl (C=O) groups is 1. The quantitative estimate of drug-likeness (QED) is 0.672. The molecule has 0 heterocycles. The number of hydrogen-bond acceptors (Lipinski definition) is 4. The maximum atomic E-state index is 10.7. The molecule has 0 aliphatic heterocycles. The van der Waals surface area contributed by atoms with Gasteiger partial charge in [0.2, 0.25) is 0 Å². The van der Waals surface area contributed by atoms with Crippen LogP contribution in [0, 0.1) is 0 Å². The third-order valence-corrected chi connectivity index (χ3v) is 3.20. The minimum atomic E-state index is -0.936. The molecule has 5 heteroatoms. The van der Waals surface area contributed by atoms with Gasteiger partial charge in [-0.15, -0.1) is 0 Å². The maximum Gasteiger partial charge on any atom is 0.335 e. The summed E-state index contributed by atoms with van der Waals surface area (Å²) in [4.78, 5) is 10.7. The molecule has 21 heavy (non-hydrogen) atoms.